The van der Waals surface area contributed by atoms with Crippen molar-refractivity contribution in [1.82, 2.24) is 15.5 Å². The third kappa shape index (κ3) is 5.98. The first-order chi connectivity index (χ1) is 11.1. The number of carbonyl (C=O) groups is 2. The van der Waals surface area contributed by atoms with Crippen LogP contribution in [0.3, 0.4) is 0 Å². The van der Waals surface area contributed by atoms with E-state index in [0.717, 1.165) is 18.8 Å². The number of rotatable bonds is 6. The smallest absolute Gasteiger partial charge is 0.233 e. The zero-order valence-corrected chi connectivity index (χ0v) is 14.6. The minimum atomic E-state index is -0.247. The van der Waals surface area contributed by atoms with Crippen LogP contribution in [0.5, 0.6) is 0 Å². The maximum atomic E-state index is 12.9. The van der Waals surface area contributed by atoms with Gasteiger partial charge in [0.25, 0.3) is 0 Å². The first-order valence-electron chi connectivity index (χ1n) is 7.79. The predicted octanol–water partition coefficient (Wildman–Crippen LogP) is 0.622. The molecule has 134 valence electrons. The maximum absolute atomic E-state index is 12.9. The summed E-state index contributed by atoms with van der Waals surface area (Å²) < 4.78 is 12.9. The lowest BCUT2D eigenvalue weighted by atomic mass is 10.2. The molecule has 0 bridgehead atoms. The van der Waals surface area contributed by atoms with E-state index in [1.807, 2.05) is 4.90 Å². The summed E-state index contributed by atoms with van der Waals surface area (Å²) >= 11 is 0. The maximum Gasteiger partial charge on any atom is 0.233 e. The third-order valence-corrected chi connectivity index (χ3v) is 3.82. The van der Waals surface area contributed by atoms with Crippen LogP contribution in [-0.2, 0) is 9.59 Å². The standard InChI is InChI=1S/C16H23FN4O2.ClH/c1-18-12-15(22)19-7-6-16(23)21-10-8-20(9-11-21)14-4-2-13(17)3-5-14;/h2-5,18H,6-12H2,1H3,(H,19,22);1H. The van der Waals surface area contributed by atoms with Crippen LogP contribution in [0.1, 0.15) is 6.42 Å². The quantitative estimate of drug-likeness (QED) is 0.782. The third-order valence-electron chi connectivity index (χ3n) is 3.82. The van der Waals surface area contributed by atoms with Gasteiger partial charge in [-0.2, -0.15) is 0 Å². The number of benzene rings is 1. The molecule has 1 aromatic carbocycles. The van der Waals surface area contributed by atoms with Crippen LogP contribution in [-0.4, -0.2) is 63.0 Å². The van der Waals surface area contributed by atoms with Gasteiger partial charge in [0, 0.05) is 44.8 Å². The molecule has 1 aliphatic rings. The molecule has 0 radical (unpaired) electrons. The summed E-state index contributed by atoms with van der Waals surface area (Å²) in [6, 6.07) is 6.40. The fraction of sp³-hybridized carbons (Fsp3) is 0.500. The van der Waals surface area contributed by atoms with Crippen molar-refractivity contribution >= 4 is 29.9 Å². The van der Waals surface area contributed by atoms with Crippen molar-refractivity contribution in [2.24, 2.45) is 0 Å². The highest BCUT2D eigenvalue weighted by Crippen LogP contribution is 2.17. The predicted molar refractivity (Wildman–Crippen MR) is 94.0 cm³/mol. The van der Waals surface area contributed by atoms with Gasteiger partial charge in [-0.05, 0) is 31.3 Å². The number of anilines is 1. The van der Waals surface area contributed by atoms with Gasteiger partial charge in [-0.15, -0.1) is 12.4 Å². The van der Waals surface area contributed by atoms with E-state index in [2.05, 4.69) is 15.5 Å². The molecule has 1 aromatic rings. The average Bonchev–Trinajstić information content (AvgIpc) is 2.56. The minimum absolute atomic E-state index is 0. The summed E-state index contributed by atoms with van der Waals surface area (Å²) in [5.41, 5.74) is 0.970. The van der Waals surface area contributed by atoms with Crippen molar-refractivity contribution in [1.29, 1.82) is 0 Å². The highest BCUT2D eigenvalue weighted by Gasteiger charge is 2.21. The van der Waals surface area contributed by atoms with Gasteiger partial charge in [0.15, 0.2) is 0 Å². The molecule has 8 heteroatoms. The Labute approximate surface area is 147 Å². The second-order valence-electron chi connectivity index (χ2n) is 5.47. The van der Waals surface area contributed by atoms with Gasteiger partial charge >= 0.3 is 0 Å². The lowest BCUT2D eigenvalue weighted by molar-refractivity contribution is -0.131. The Balaban J connectivity index is 0.00000288. The van der Waals surface area contributed by atoms with Crippen molar-refractivity contribution in [3.63, 3.8) is 0 Å². The molecule has 2 N–H and O–H groups in total. The van der Waals surface area contributed by atoms with E-state index in [9.17, 15) is 14.0 Å². The van der Waals surface area contributed by atoms with Gasteiger partial charge in [-0.3, -0.25) is 9.59 Å². The summed E-state index contributed by atoms with van der Waals surface area (Å²) in [7, 11) is 1.70. The molecular formula is C16H24ClFN4O2. The fourth-order valence-electron chi connectivity index (χ4n) is 2.56. The van der Waals surface area contributed by atoms with E-state index >= 15 is 0 Å². The average molecular weight is 359 g/mol. The molecular weight excluding hydrogens is 335 g/mol. The molecule has 2 rings (SSSR count). The Bertz CT molecular complexity index is 533. The number of piperazine rings is 1. The molecule has 0 aromatic heterocycles. The molecule has 0 atom stereocenters. The van der Waals surface area contributed by atoms with Gasteiger partial charge in [-0.1, -0.05) is 0 Å². The first kappa shape index (κ1) is 20.2. The molecule has 1 saturated heterocycles. The Morgan fingerprint density at radius 1 is 1.12 bits per heavy atom. The second-order valence-corrected chi connectivity index (χ2v) is 5.47. The number of halogens is 2. The van der Waals surface area contributed by atoms with Gasteiger partial charge < -0.3 is 20.4 Å². The summed E-state index contributed by atoms with van der Waals surface area (Å²) in [5.74, 6) is -0.308. The zero-order valence-electron chi connectivity index (χ0n) is 13.8. The monoisotopic (exact) mass is 358 g/mol. The molecule has 0 aliphatic carbocycles. The van der Waals surface area contributed by atoms with E-state index in [1.165, 1.54) is 12.1 Å². The van der Waals surface area contributed by atoms with Gasteiger partial charge in [0.1, 0.15) is 5.82 Å². The summed E-state index contributed by atoms with van der Waals surface area (Å²) in [4.78, 5) is 27.4. The van der Waals surface area contributed by atoms with Crippen LogP contribution in [0.4, 0.5) is 10.1 Å². The molecule has 24 heavy (non-hydrogen) atoms. The van der Waals surface area contributed by atoms with E-state index in [1.54, 1.807) is 19.2 Å². The molecule has 1 fully saturated rings. The van der Waals surface area contributed by atoms with Gasteiger partial charge in [0.05, 0.1) is 6.54 Å². The SMILES string of the molecule is CNCC(=O)NCCC(=O)N1CCN(c2ccc(F)cc2)CC1.Cl. The Kier molecular flexibility index (Phi) is 8.49. The zero-order chi connectivity index (χ0) is 16.7. The largest absolute Gasteiger partial charge is 0.368 e. The topological polar surface area (TPSA) is 64.7 Å². The number of carbonyl (C=O) groups excluding carboxylic acids is 2. The Hall–Kier alpha value is -1.86. The number of amides is 2. The van der Waals surface area contributed by atoms with Crippen molar-refractivity contribution in [3.05, 3.63) is 30.1 Å². The highest BCUT2D eigenvalue weighted by molar-refractivity contribution is 5.85. The van der Waals surface area contributed by atoms with E-state index < -0.39 is 0 Å². The Morgan fingerprint density at radius 2 is 1.75 bits per heavy atom. The van der Waals surface area contributed by atoms with Crippen LogP contribution in [0.2, 0.25) is 0 Å². The number of likely N-dealkylation sites (N-methyl/N-ethyl adjacent to an activating group) is 1. The number of nitrogens with one attached hydrogen (secondary N) is 2. The minimum Gasteiger partial charge on any atom is -0.368 e. The molecule has 0 unspecified atom stereocenters. The summed E-state index contributed by atoms with van der Waals surface area (Å²) in [5, 5.41) is 5.46. The van der Waals surface area contributed by atoms with Crippen molar-refractivity contribution in [2.45, 2.75) is 6.42 Å². The lowest BCUT2D eigenvalue weighted by Crippen LogP contribution is -2.49. The van der Waals surface area contributed by atoms with Crippen LogP contribution >= 0.6 is 12.4 Å². The van der Waals surface area contributed by atoms with Crippen molar-refractivity contribution in [3.8, 4) is 0 Å². The van der Waals surface area contributed by atoms with E-state index in [4.69, 9.17) is 0 Å². The fourth-order valence-corrected chi connectivity index (χ4v) is 2.56. The van der Waals surface area contributed by atoms with Crippen molar-refractivity contribution < 1.29 is 14.0 Å². The second kappa shape index (κ2) is 10.1. The first-order valence-corrected chi connectivity index (χ1v) is 7.79. The van der Waals surface area contributed by atoms with Crippen LogP contribution in [0.25, 0.3) is 0 Å². The van der Waals surface area contributed by atoms with Gasteiger partial charge in [0.2, 0.25) is 11.8 Å². The number of hydrogen-bond donors (Lipinski definition) is 2. The van der Waals surface area contributed by atoms with Gasteiger partial charge in [-0.25, -0.2) is 4.39 Å². The number of nitrogens with zero attached hydrogens (tertiary/aromatic N) is 2. The Morgan fingerprint density at radius 3 is 2.33 bits per heavy atom. The van der Waals surface area contributed by atoms with E-state index in [-0.39, 0.29) is 36.6 Å². The summed E-state index contributed by atoms with van der Waals surface area (Å²) in [6.45, 7) is 3.34. The highest BCUT2D eigenvalue weighted by atomic mass is 35.5. The van der Waals surface area contributed by atoms with E-state index in [0.29, 0.717) is 26.1 Å². The number of hydrogen-bond acceptors (Lipinski definition) is 4. The van der Waals surface area contributed by atoms with Crippen molar-refractivity contribution in [2.75, 3.05) is 51.2 Å². The van der Waals surface area contributed by atoms with Crippen LogP contribution in [0, 0.1) is 5.82 Å². The molecule has 2 amide bonds. The summed E-state index contributed by atoms with van der Waals surface area (Å²) in [6.07, 6.45) is 0.312. The normalized spacial score (nSPS) is 14.1. The van der Waals surface area contributed by atoms with Crippen LogP contribution < -0.4 is 15.5 Å². The molecule has 1 aliphatic heterocycles. The molecule has 1 heterocycles. The lowest BCUT2D eigenvalue weighted by Gasteiger charge is -2.36. The van der Waals surface area contributed by atoms with Crippen LogP contribution in [0.15, 0.2) is 24.3 Å². The molecule has 0 spiro atoms. The molecule has 0 saturated carbocycles. The molecule has 6 nitrogen and oxygen atoms in total.